The van der Waals surface area contributed by atoms with Crippen molar-refractivity contribution in [1.29, 1.82) is 0 Å². The second-order valence-electron chi connectivity index (χ2n) is 5.78. The largest absolute Gasteiger partial charge is 0.387 e. The van der Waals surface area contributed by atoms with Gasteiger partial charge >= 0.3 is 0 Å². The van der Waals surface area contributed by atoms with Gasteiger partial charge in [0.05, 0.1) is 19.3 Å². The van der Waals surface area contributed by atoms with Gasteiger partial charge in [-0.3, -0.25) is 4.90 Å². The van der Waals surface area contributed by atoms with E-state index in [1.807, 2.05) is 12.1 Å². The minimum absolute atomic E-state index is 0.486. The molecule has 0 saturated heterocycles. The van der Waals surface area contributed by atoms with Crippen molar-refractivity contribution in [2.75, 3.05) is 47.1 Å². The molecule has 1 N–H and O–H groups in total. The van der Waals surface area contributed by atoms with Gasteiger partial charge in [-0.1, -0.05) is 38.1 Å². The lowest BCUT2D eigenvalue weighted by atomic mass is 9.96. The van der Waals surface area contributed by atoms with Gasteiger partial charge in [0.15, 0.2) is 0 Å². The minimum Gasteiger partial charge on any atom is -0.387 e. The van der Waals surface area contributed by atoms with Crippen molar-refractivity contribution < 1.29 is 14.6 Å². The maximum absolute atomic E-state index is 10.5. The van der Waals surface area contributed by atoms with Crippen LogP contribution in [0.15, 0.2) is 24.3 Å². The number of aliphatic hydroxyl groups excluding tert-OH is 1. The summed E-state index contributed by atoms with van der Waals surface area (Å²) in [6.45, 7) is 7.91. The van der Waals surface area contributed by atoms with Crippen LogP contribution in [-0.4, -0.2) is 57.1 Å². The van der Waals surface area contributed by atoms with Crippen molar-refractivity contribution in [2.24, 2.45) is 0 Å². The van der Waals surface area contributed by atoms with Crippen molar-refractivity contribution in [3.05, 3.63) is 35.4 Å². The molecule has 1 aromatic rings. The average Bonchev–Trinajstić information content (AvgIpc) is 2.56. The molecule has 0 saturated carbocycles. The van der Waals surface area contributed by atoms with E-state index < -0.39 is 6.10 Å². The summed E-state index contributed by atoms with van der Waals surface area (Å²) in [7, 11) is 3.39. The van der Waals surface area contributed by atoms with Gasteiger partial charge in [-0.05, 0) is 23.5 Å². The summed E-state index contributed by atoms with van der Waals surface area (Å²) in [6.07, 6.45) is 0.642. The molecule has 0 fully saturated rings. The van der Waals surface area contributed by atoms with E-state index in [2.05, 4.69) is 30.9 Å². The molecule has 4 heteroatoms. The summed E-state index contributed by atoms with van der Waals surface area (Å²) in [4.78, 5) is 2.17. The number of hydrogen-bond acceptors (Lipinski definition) is 4. The third kappa shape index (κ3) is 6.44. The molecular weight excluding hydrogens is 278 g/mol. The van der Waals surface area contributed by atoms with E-state index in [9.17, 15) is 5.11 Å². The molecule has 1 rings (SSSR count). The molecule has 0 aliphatic carbocycles. The van der Waals surface area contributed by atoms with Gasteiger partial charge in [0.25, 0.3) is 0 Å². The molecular formula is C18H31NO3. The average molecular weight is 309 g/mol. The summed E-state index contributed by atoms with van der Waals surface area (Å²) < 4.78 is 10.3. The van der Waals surface area contributed by atoms with Crippen LogP contribution in [0.3, 0.4) is 0 Å². The van der Waals surface area contributed by atoms with Crippen LogP contribution in [0.1, 0.15) is 43.4 Å². The van der Waals surface area contributed by atoms with Crippen LogP contribution in [0.5, 0.6) is 0 Å². The maximum atomic E-state index is 10.5. The number of ether oxygens (including phenoxy) is 2. The SMILES string of the molecule is CCC(C)c1ccc(C(O)CN(CCOC)CCOC)cc1. The standard InChI is InChI=1S/C18H31NO3/c1-5-15(2)16-6-8-17(9-7-16)18(20)14-19(10-12-21-3)11-13-22-4/h6-9,15,18,20H,5,10-14H2,1-4H3. The molecule has 0 bridgehead atoms. The molecule has 22 heavy (non-hydrogen) atoms. The Kier molecular flexibility index (Phi) is 9.32. The van der Waals surface area contributed by atoms with E-state index in [1.165, 1.54) is 5.56 Å². The molecule has 1 aromatic carbocycles. The first-order valence-corrected chi connectivity index (χ1v) is 8.10. The number of benzene rings is 1. The lowest BCUT2D eigenvalue weighted by molar-refractivity contribution is 0.0697. The monoisotopic (exact) mass is 309 g/mol. The van der Waals surface area contributed by atoms with E-state index in [-0.39, 0.29) is 0 Å². The van der Waals surface area contributed by atoms with Gasteiger partial charge in [0, 0.05) is 33.9 Å². The molecule has 0 spiro atoms. The van der Waals surface area contributed by atoms with Gasteiger partial charge < -0.3 is 14.6 Å². The zero-order valence-electron chi connectivity index (χ0n) is 14.4. The number of hydrogen-bond donors (Lipinski definition) is 1. The fourth-order valence-corrected chi connectivity index (χ4v) is 2.37. The Morgan fingerprint density at radius 2 is 1.50 bits per heavy atom. The second kappa shape index (κ2) is 10.7. The van der Waals surface area contributed by atoms with Crippen LogP contribution in [0, 0.1) is 0 Å². The molecule has 126 valence electrons. The van der Waals surface area contributed by atoms with Crippen molar-refractivity contribution in [2.45, 2.75) is 32.3 Å². The predicted molar refractivity (Wildman–Crippen MR) is 90.3 cm³/mol. The highest BCUT2D eigenvalue weighted by Gasteiger charge is 2.14. The Labute approximate surface area is 135 Å². The lowest BCUT2D eigenvalue weighted by Gasteiger charge is -2.25. The predicted octanol–water partition coefficient (Wildman–Crippen LogP) is 2.83. The normalized spacial score (nSPS) is 14.3. The Hall–Kier alpha value is -0.940. The highest BCUT2D eigenvalue weighted by Crippen LogP contribution is 2.21. The Balaban J connectivity index is 2.61. The Morgan fingerprint density at radius 1 is 1.00 bits per heavy atom. The van der Waals surface area contributed by atoms with Gasteiger partial charge in [-0.15, -0.1) is 0 Å². The highest BCUT2D eigenvalue weighted by molar-refractivity contribution is 5.26. The Morgan fingerprint density at radius 3 is 1.95 bits per heavy atom. The third-order valence-electron chi connectivity index (χ3n) is 4.16. The van der Waals surface area contributed by atoms with Crippen LogP contribution in [-0.2, 0) is 9.47 Å². The fraction of sp³-hybridized carbons (Fsp3) is 0.667. The Bertz CT molecular complexity index is 386. The van der Waals surface area contributed by atoms with Gasteiger partial charge in [0.1, 0.15) is 0 Å². The molecule has 0 radical (unpaired) electrons. The number of aliphatic hydroxyl groups is 1. The first-order chi connectivity index (χ1) is 10.6. The van der Waals surface area contributed by atoms with E-state index in [0.29, 0.717) is 25.7 Å². The molecule has 0 aromatic heterocycles. The second-order valence-corrected chi connectivity index (χ2v) is 5.78. The summed E-state index contributed by atoms with van der Waals surface area (Å²) in [5, 5.41) is 10.5. The van der Waals surface area contributed by atoms with Crippen molar-refractivity contribution in [3.8, 4) is 0 Å². The molecule has 2 atom stereocenters. The van der Waals surface area contributed by atoms with E-state index in [0.717, 1.165) is 25.1 Å². The smallest absolute Gasteiger partial charge is 0.0916 e. The summed E-state index contributed by atoms with van der Waals surface area (Å²) >= 11 is 0. The summed E-state index contributed by atoms with van der Waals surface area (Å²) in [5.41, 5.74) is 2.29. The molecule has 2 unspecified atom stereocenters. The number of rotatable bonds is 11. The summed E-state index contributed by atoms with van der Waals surface area (Å²) in [6, 6.07) is 8.33. The van der Waals surface area contributed by atoms with Gasteiger partial charge in [-0.25, -0.2) is 0 Å². The van der Waals surface area contributed by atoms with Crippen molar-refractivity contribution in [3.63, 3.8) is 0 Å². The first-order valence-electron chi connectivity index (χ1n) is 8.10. The fourth-order valence-electron chi connectivity index (χ4n) is 2.37. The maximum Gasteiger partial charge on any atom is 0.0916 e. The van der Waals surface area contributed by atoms with Crippen molar-refractivity contribution in [1.82, 2.24) is 4.90 Å². The third-order valence-corrected chi connectivity index (χ3v) is 4.16. The quantitative estimate of drug-likeness (QED) is 0.682. The molecule has 0 amide bonds. The molecule has 4 nitrogen and oxygen atoms in total. The van der Waals surface area contributed by atoms with E-state index >= 15 is 0 Å². The van der Waals surface area contributed by atoms with Crippen LogP contribution < -0.4 is 0 Å². The lowest BCUT2D eigenvalue weighted by Crippen LogP contribution is -2.34. The number of nitrogens with zero attached hydrogens (tertiary/aromatic N) is 1. The highest BCUT2D eigenvalue weighted by atomic mass is 16.5. The van der Waals surface area contributed by atoms with Gasteiger partial charge in [-0.2, -0.15) is 0 Å². The van der Waals surface area contributed by atoms with Crippen molar-refractivity contribution >= 4 is 0 Å². The van der Waals surface area contributed by atoms with Crippen LogP contribution >= 0.6 is 0 Å². The van der Waals surface area contributed by atoms with E-state index in [1.54, 1.807) is 14.2 Å². The molecule has 0 aliphatic rings. The topological polar surface area (TPSA) is 41.9 Å². The van der Waals surface area contributed by atoms with Gasteiger partial charge in [0.2, 0.25) is 0 Å². The first kappa shape index (κ1) is 19.1. The number of methoxy groups -OCH3 is 2. The zero-order valence-corrected chi connectivity index (χ0v) is 14.4. The zero-order chi connectivity index (χ0) is 16.4. The summed E-state index contributed by atoms with van der Waals surface area (Å²) in [5.74, 6) is 0.561. The van der Waals surface area contributed by atoms with Crippen LogP contribution in [0.25, 0.3) is 0 Å². The molecule has 0 heterocycles. The molecule has 0 aliphatic heterocycles. The van der Waals surface area contributed by atoms with Crippen LogP contribution in [0.4, 0.5) is 0 Å². The minimum atomic E-state index is -0.486. The van der Waals surface area contributed by atoms with E-state index in [4.69, 9.17) is 9.47 Å². The van der Waals surface area contributed by atoms with Crippen LogP contribution in [0.2, 0.25) is 0 Å².